The van der Waals surface area contributed by atoms with Gasteiger partial charge in [0, 0.05) is 18.8 Å². The van der Waals surface area contributed by atoms with Gasteiger partial charge in [-0.15, -0.1) is 0 Å². The quantitative estimate of drug-likeness (QED) is 0.735. The van der Waals surface area contributed by atoms with Crippen LogP contribution in [0, 0.1) is 6.92 Å². The lowest BCUT2D eigenvalue weighted by atomic mass is 10.2. The fourth-order valence-electron chi connectivity index (χ4n) is 1.73. The van der Waals surface area contributed by atoms with E-state index < -0.39 is 0 Å². The van der Waals surface area contributed by atoms with Crippen molar-refractivity contribution in [2.75, 3.05) is 0 Å². The molecule has 2 rings (SSSR count). The summed E-state index contributed by atoms with van der Waals surface area (Å²) >= 11 is 0. The molecule has 74 valence electrons. The van der Waals surface area contributed by atoms with Gasteiger partial charge < -0.3 is 5.32 Å². The highest BCUT2D eigenvalue weighted by molar-refractivity contribution is 5.17. The highest BCUT2D eigenvalue weighted by atomic mass is 14.9. The molecule has 2 heteroatoms. The van der Waals surface area contributed by atoms with E-state index in [-0.39, 0.29) is 0 Å². The van der Waals surface area contributed by atoms with Crippen LogP contribution in [0.5, 0.6) is 0 Å². The molecule has 0 saturated heterocycles. The maximum absolute atomic E-state index is 4.36. The highest BCUT2D eigenvalue weighted by Gasteiger charge is 2.09. The zero-order chi connectivity index (χ0) is 9.80. The lowest BCUT2D eigenvalue weighted by Crippen LogP contribution is -2.26. The van der Waals surface area contributed by atoms with Crippen LogP contribution in [-0.2, 0) is 6.54 Å². The fourth-order valence-corrected chi connectivity index (χ4v) is 1.73. The Morgan fingerprint density at radius 3 is 2.93 bits per heavy atom. The number of aryl methyl sites for hydroxylation is 1. The number of nitrogens with one attached hydrogen (secondary N) is 1. The van der Waals surface area contributed by atoms with E-state index in [2.05, 4.69) is 35.4 Å². The van der Waals surface area contributed by atoms with E-state index in [1.54, 1.807) is 0 Å². The Balaban J connectivity index is 1.88. The molecule has 1 N–H and O–H groups in total. The molecule has 0 fully saturated rings. The van der Waals surface area contributed by atoms with E-state index in [0.717, 1.165) is 19.4 Å². The maximum Gasteiger partial charge on any atom is 0.0570 e. The van der Waals surface area contributed by atoms with Crippen LogP contribution in [0.15, 0.2) is 30.5 Å². The first-order valence-electron chi connectivity index (χ1n) is 5.15. The monoisotopic (exact) mass is 188 g/mol. The summed E-state index contributed by atoms with van der Waals surface area (Å²) in [7, 11) is 0. The Labute approximate surface area is 85.1 Å². The van der Waals surface area contributed by atoms with Crippen LogP contribution in [0.4, 0.5) is 0 Å². The van der Waals surface area contributed by atoms with Crippen molar-refractivity contribution in [2.45, 2.75) is 32.4 Å². The maximum atomic E-state index is 4.36. The largest absolute Gasteiger partial charge is 0.308 e. The van der Waals surface area contributed by atoms with Crippen molar-refractivity contribution in [2.24, 2.45) is 0 Å². The summed E-state index contributed by atoms with van der Waals surface area (Å²) in [6.07, 6.45) is 8.65. The van der Waals surface area contributed by atoms with Crippen molar-refractivity contribution in [3.8, 4) is 0 Å². The number of nitrogens with zero attached hydrogens (tertiary/aromatic N) is 1. The number of hydrogen-bond acceptors (Lipinski definition) is 2. The molecule has 0 spiro atoms. The second-order valence-corrected chi connectivity index (χ2v) is 3.79. The molecule has 0 radical (unpaired) electrons. The Bertz CT molecular complexity index is 323. The third-order valence-corrected chi connectivity index (χ3v) is 2.68. The smallest absolute Gasteiger partial charge is 0.0570 e. The predicted molar refractivity (Wildman–Crippen MR) is 58.0 cm³/mol. The fraction of sp³-hybridized carbons (Fsp3) is 0.417. The van der Waals surface area contributed by atoms with Crippen LogP contribution in [0.3, 0.4) is 0 Å². The van der Waals surface area contributed by atoms with Crippen LogP contribution in [0.2, 0.25) is 0 Å². The third-order valence-electron chi connectivity index (χ3n) is 2.68. The van der Waals surface area contributed by atoms with Crippen molar-refractivity contribution in [3.05, 3.63) is 41.7 Å². The summed E-state index contributed by atoms with van der Waals surface area (Å²) in [5.41, 5.74) is 2.44. The van der Waals surface area contributed by atoms with Crippen LogP contribution in [0.25, 0.3) is 0 Å². The first kappa shape index (κ1) is 9.41. The molecule has 1 aliphatic carbocycles. The van der Waals surface area contributed by atoms with Crippen molar-refractivity contribution in [3.63, 3.8) is 0 Å². The molecule has 0 unspecified atom stereocenters. The number of rotatable bonds is 3. The highest BCUT2D eigenvalue weighted by Crippen LogP contribution is 2.10. The first-order chi connectivity index (χ1) is 6.86. The van der Waals surface area contributed by atoms with Gasteiger partial charge in [-0.1, -0.05) is 18.2 Å². The summed E-state index contributed by atoms with van der Waals surface area (Å²) < 4.78 is 0. The molecule has 0 atom stereocenters. The van der Waals surface area contributed by atoms with E-state index in [4.69, 9.17) is 0 Å². The summed E-state index contributed by atoms with van der Waals surface area (Å²) in [6.45, 7) is 3.00. The van der Waals surface area contributed by atoms with Gasteiger partial charge in [0.15, 0.2) is 0 Å². The summed E-state index contributed by atoms with van der Waals surface area (Å²) in [6, 6.07) is 4.71. The molecule has 2 nitrogen and oxygen atoms in total. The van der Waals surface area contributed by atoms with Crippen molar-refractivity contribution in [1.29, 1.82) is 0 Å². The van der Waals surface area contributed by atoms with Gasteiger partial charge in [-0.25, -0.2) is 0 Å². The van der Waals surface area contributed by atoms with Gasteiger partial charge >= 0.3 is 0 Å². The molecule has 1 aromatic rings. The van der Waals surface area contributed by atoms with Gasteiger partial charge in [-0.3, -0.25) is 4.98 Å². The Hall–Kier alpha value is -1.15. The summed E-state index contributed by atoms with van der Waals surface area (Å²) in [4.78, 5) is 4.36. The Morgan fingerprint density at radius 2 is 2.21 bits per heavy atom. The van der Waals surface area contributed by atoms with Crippen molar-refractivity contribution < 1.29 is 0 Å². The van der Waals surface area contributed by atoms with Gasteiger partial charge in [-0.05, 0) is 31.4 Å². The zero-order valence-electron chi connectivity index (χ0n) is 8.53. The molecule has 1 aliphatic rings. The molecule has 0 aliphatic heterocycles. The average molecular weight is 188 g/mol. The third kappa shape index (κ3) is 2.20. The van der Waals surface area contributed by atoms with Gasteiger partial charge in [-0.2, -0.15) is 0 Å². The number of hydrogen-bond donors (Lipinski definition) is 1. The molecule has 1 aromatic heterocycles. The summed E-state index contributed by atoms with van der Waals surface area (Å²) in [5.74, 6) is 0. The summed E-state index contributed by atoms with van der Waals surface area (Å²) in [5, 5.41) is 3.51. The lowest BCUT2D eigenvalue weighted by Gasteiger charge is -2.12. The SMILES string of the molecule is Cc1cccnc1CNC1CC=CC1. The standard InChI is InChI=1S/C12H16N2/c1-10-5-4-8-13-12(10)9-14-11-6-2-3-7-11/h2-5,8,11,14H,6-7,9H2,1H3. The van der Waals surface area contributed by atoms with Crippen LogP contribution in [0.1, 0.15) is 24.1 Å². The van der Waals surface area contributed by atoms with E-state index >= 15 is 0 Å². The van der Waals surface area contributed by atoms with Gasteiger partial charge in [0.25, 0.3) is 0 Å². The van der Waals surface area contributed by atoms with E-state index in [0.29, 0.717) is 6.04 Å². The molecular formula is C12H16N2. The predicted octanol–water partition coefficient (Wildman–Crippen LogP) is 2.20. The Kier molecular flexibility index (Phi) is 2.94. The number of pyridine rings is 1. The molecular weight excluding hydrogens is 172 g/mol. The second-order valence-electron chi connectivity index (χ2n) is 3.79. The number of aromatic nitrogens is 1. The molecule has 14 heavy (non-hydrogen) atoms. The van der Waals surface area contributed by atoms with Gasteiger partial charge in [0.1, 0.15) is 0 Å². The van der Waals surface area contributed by atoms with Crippen molar-refractivity contribution in [1.82, 2.24) is 10.3 Å². The van der Waals surface area contributed by atoms with Crippen LogP contribution >= 0.6 is 0 Å². The van der Waals surface area contributed by atoms with Gasteiger partial charge in [0.05, 0.1) is 5.69 Å². The molecule has 0 saturated carbocycles. The topological polar surface area (TPSA) is 24.9 Å². The van der Waals surface area contributed by atoms with E-state index in [9.17, 15) is 0 Å². The zero-order valence-corrected chi connectivity index (χ0v) is 8.53. The molecule has 1 heterocycles. The average Bonchev–Trinajstić information content (AvgIpc) is 2.69. The molecule has 0 aromatic carbocycles. The van der Waals surface area contributed by atoms with E-state index in [1.165, 1.54) is 11.3 Å². The Morgan fingerprint density at radius 1 is 1.43 bits per heavy atom. The first-order valence-corrected chi connectivity index (χ1v) is 5.15. The van der Waals surface area contributed by atoms with Crippen LogP contribution in [-0.4, -0.2) is 11.0 Å². The normalized spacial score (nSPS) is 16.4. The second kappa shape index (κ2) is 4.38. The minimum Gasteiger partial charge on any atom is -0.308 e. The molecule has 0 bridgehead atoms. The minimum atomic E-state index is 0.622. The molecule has 0 amide bonds. The minimum absolute atomic E-state index is 0.622. The lowest BCUT2D eigenvalue weighted by molar-refractivity contribution is 0.532. The van der Waals surface area contributed by atoms with Crippen LogP contribution < -0.4 is 5.32 Å². The van der Waals surface area contributed by atoms with Gasteiger partial charge in [0.2, 0.25) is 0 Å². The van der Waals surface area contributed by atoms with Crippen molar-refractivity contribution >= 4 is 0 Å². The van der Waals surface area contributed by atoms with E-state index in [1.807, 2.05) is 12.3 Å².